The van der Waals surface area contributed by atoms with Gasteiger partial charge in [-0.15, -0.1) is 0 Å². The smallest absolute Gasteiger partial charge is 0.321 e. The number of nitrogens with one attached hydrogen (secondary N) is 3. The van der Waals surface area contributed by atoms with Gasteiger partial charge in [0.2, 0.25) is 0 Å². The second-order valence-electron chi connectivity index (χ2n) is 10.7. The van der Waals surface area contributed by atoms with Crippen molar-refractivity contribution in [2.75, 3.05) is 32.5 Å². The molecule has 40 heavy (non-hydrogen) atoms. The van der Waals surface area contributed by atoms with E-state index in [1.165, 1.54) is 6.26 Å². The van der Waals surface area contributed by atoms with Gasteiger partial charge in [-0.2, -0.15) is 13.8 Å². The van der Waals surface area contributed by atoms with Crippen LogP contribution in [0.1, 0.15) is 29.5 Å². The highest BCUT2D eigenvalue weighted by Crippen LogP contribution is 2.50. The van der Waals surface area contributed by atoms with Gasteiger partial charge in [0.05, 0.1) is 24.9 Å². The third kappa shape index (κ3) is 5.95. The molecule has 10 heteroatoms. The van der Waals surface area contributed by atoms with Crippen LogP contribution in [0.25, 0.3) is 0 Å². The van der Waals surface area contributed by atoms with Gasteiger partial charge >= 0.3 is 10.0 Å². The van der Waals surface area contributed by atoms with E-state index in [1.807, 2.05) is 72.8 Å². The van der Waals surface area contributed by atoms with E-state index in [2.05, 4.69) is 16.1 Å². The van der Waals surface area contributed by atoms with Gasteiger partial charge in [-0.1, -0.05) is 76.3 Å². The van der Waals surface area contributed by atoms with E-state index in [-0.39, 0.29) is 18.6 Å². The van der Waals surface area contributed by atoms with Crippen molar-refractivity contribution < 1.29 is 17.9 Å². The van der Waals surface area contributed by atoms with Gasteiger partial charge in [0.25, 0.3) is 5.91 Å². The lowest BCUT2D eigenvalue weighted by Gasteiger charge is -2.36. The van der Waals surface area contributed by atoms with Crippen molar-refractivity contribution in [3.63, 3.8) is 0 Å². The Kier molecular flexibility index (Phi) is 8.61. The van der Waals surface area contributed by atoms with Gasteiger partial charge < -0.3 is 10.1 Å². The summed E-state index contributed by atoms with van der Waals surface area (Å²) >= 11 is 6.17. The summed E-state index contributed by atoms with van der Waals surface area (Å²) < 4.78 is 32.5. The van der Waals surface area contributed by atoms with Crippen molar-refractivity contribution in [3.8, 4) is 0 Å². The Balaban J connectivity index is 1.42. The lowest BCUT2D eigenvalue weighted by Crippen LogP contribution is -2.68. The molecule has 0 aliphatic carbocycles. The molecule has 3 aromatic rings. The highest BCUT2D eigenvalue weighted by Gasteiger charge is 2.60. The number of piperidine rings is 1. The first-order chi connectivity index (χ1) is 19.2. The number of fused-ring (bicyclic) bond motifs is 2. The van der Waals surface area contributed by atoms with Gasteiger partial charge in [0, 0.05) is 23.2 Å². The van der Waals surface area contributed by atoms with E-state index in [1.54, 1.807) is 6.07 Å². The third-order valence-corrected chi connectivity index (χ3v) is 9.75. The van der Waals surface area contributed by atoms with Crippen molar-refractivity contribution in [1.82, 2.24) is 20.1 Å². The molecule has 0 saturated carbocycles. The van der Waals surface area contributed by atoms with Crippen LogP contribution in [0.15, 0.2) is 78.9 Å². The van der Waals surface area contributed by atoms with Crippen LogP contribution in [0.3, 0.4) is 0 Å². The van der Waals surface area contributed by atoms with E-state index in [9.17, 15) is 13.2 Å². The van der Waals surface area contributed by atoms with Crippen molar-refractivity contribution in [3.05, 3.63) is 101 Å². The summed E-state index contributed by atoms with van der Waals surface area (Å²) in [6, 6.07) is 23.9. The molecule has 3 N–H and O–H groups in total. The zero-order valence-corrected chi connectivity index (χ0v) is 24.2. The number of carbonyl (C=O) groups is 1. The minimum absolute atomic E-state index is 0.0573. The number of hydrogen-bond donors (Lipinski definition) is 3. The molecule has 0 radical (unpaired) electrons. The molecule has 2 atom stereocenters. The maximum Gasteiger partial charge on any atom is 0.321 e. The summed E-state index contributed by atoms with van der Waals surface area (Å²) in [4.78, 5) is 14.0. The first kappa shape index (κ1) is 28.7. The van der Waals surface area contributed by atoms with Crippen LogP contribution in [-0.2, 0) is 38.1 Å². The molecule has 2 heterocycles. The van der Waals surface area contributed by atoms with E-state index in [4.69, 9.17) is 16.3 Å². The molecule has 0 aromatic heterocycles. The molecule has 212 valence electrons. The quantitative estimate of drug-likeness (QED) is 0.315. The number of amides is 1. The average Bonchev–Trinajstić information content (AvgIpc) is 3.21. The van der Waals surface area contributed by atoms with Crippen molar-refractivity contribution in [2.45, 2.75) is 37.5 Å². The second kappa shape index (κ2) is 12.0. The van der Waals surface area contributed by atoms with Crippen LogP contribution in [-0.4, -0.2) is 52.9 Å². The monoisotopic (exact) mass is 583 g/mol. The Bertz CT molecular complexity index is 1450. The van der Waals surface area contributed by atoms with Gasteiger partial charge in [-0.25, -0.2) is 0 Å². The second-order valence-corrected chi connectivity index (χ2v) is 13.2. The summed E-state index contributed by atoms with van der Waals surface area (Å²) in [5, 5.41) is 7.26. The zero-order valence-electron chi connectivity index (χ0n) is 22.6. The van der Waals surface area contributed by atoms with Crippen LogP contribution in [0.5, 0.6) is 0 Å². The maximum atomic E-state index is 14.0. The largest absolute Gasteiger partial charge is 0.375 e. The number of rotatable bonds is 10. The van der Waals surface area contributed by atoms with Crippen molar-refractivity contribution in [2.24, 2.45) is 0 Å². The fraction of sp³-hybridized carbons (Fsp3) is 0.367. The number of carbonyl (C=O) groups excluding carboxylic acids is 1. The van der Waals surface area contributed by atoms with Gasteiger partial charge in [0.1, 0.15) is 12.6 Å². The molecule has 1 amide bonds. The molecule has 2 aliphatic rings. The Morgan fingerprint density at radius 1 is 1.02 bits per heavy atom. The highest BCUT2D eigenvalue weighted by atomic mass is 35.5. The minimum atomic E-state index is -3.82. The highest BCUT2D eigenvalue weighted by molar-refractivity contribution is 7.90. The Labute approximate surface area is 241 Å². The van der Waals surface area contributed by atoms with Crippen LogP contribution in [0.2, 0.25) is 5.02 Å². The normalized spacial score (nSPS) is 20.6. The number of halogens is 1. The number of ether oxygens (including phenoxy) is 1. The summed E-state index contributed by atoms with van der Waals surface area (Å²) in [6.45, 7) is 2.59. The van der Waals surface area contributed by atoms with Crippen molar-refractivity contribution in [1.29, 1.82) is 0 Å². The molecule has 2 aliphatic heterocycles. The first-order valence-electron chi connectivity index (χ1n) is 13.5. The number of sulfonamides is 1. The molecular weight excluding hydrogens is 548 g/mol. The van der Waals surface area contributed by atoms with E-state index in [0.717, 1.165) is 42.6 Å². The Morgan fingerprint density at radius 3 is 2.45 bits per heavy atom. The number of benzene rings is 3. The lowest BCUT2D eigenvalue weighted by atomic mass is 9.75. The molecular formula is C30H36ClN4O4S+. The lowest BCUT2D eigenvalue weighted by molar-refractivity contribution is -0.127. The van der Waals surface area contributed by atoms with Crippen molar-refractivity contribution >= 4 is 33.2 Å². The number of nitrogens with zero attached hydrogens (tertiary/aromatic N) is 1. The predicted molar refractivity (Wildman–Crippen MR) is 158 cm³/mol. The van der Waals surface area contributed by atoms with Crippen LogP contribution >= 0.6 is 11.6 Å². The van der Waals surface area contributed by atoms with Crippen LogP contribution in [0, 0.1) is 0 Å². The Hall–Kier alpha value is -2.79. The van der Waals surface area contributed by atoms with E-state index < -0.39 is 26.0 Å². The summed E-state index contributed by atoms with van der Waals surface area (Å²) in [7, 11) is -3.82. The van der Waals surface area contributed by atoms with E-state index >= 15 is 0 Å². The molecule has 1 saturated heterocycles. The predicted octanol–water partition coefficient (Wildman–Crippen LogP) is 3.65. The molecule has 8 nitrogen and oxygen atoms in total. The standard InChI is InChI=1S/C30H35ClN4O4S/c1-40(37,38)35(22-30(14-16-32-17-15-30)26-12-5-6-13-28(26)35)34-29(36)27(21-39-20-23-8-3-2-4-9-23)33-19-24-10-7-11-25(31)18-24/h2-13,18,27,32-33H,14-17,19-22H2,1H3/p+1. The third-order valence-electron chi connectivity index (χ3n) is 7.96. The molecule has 5 rings (SSSR count). The zero-order chi connectivity index (χ0) is 28.2. The summed E-state index contributed by atoms with van der Waals surface area (Å²) in [5.74, 6) is -0.443. The fourth-order valence-electron chi connectivity index (χ4n) is 5.89. The molecule has 0 bridgehead atoms. The SMILES string of the molecule is CS(=O)(=O)[N+]1(NC(=O)C(COCc2ccccc2)NCc2cccc(Cl)c2)CC2(CCNCC2)c2ccccc21. The first-order valence-corrected chi connectivity index (χ1v) is 15.8. The summed E-state index contributed by atoms with van der Waals surface area (Å²) in [5.41, 5.74) is 6.13. The van der Waals surface area contributed by atoms with Gasteiger partial charge in [0.15, 0.2) is 5.69 Å². The topological polar surface area (TPSA) is 96.5 Å². The minimum Gasteiger partial charge on any atom is -0.375 e. The molecule has 2 unspecified atom stereocenters. The maximum absolute atomic E-state index is 14.0. The molecule has 1 spiro atoms. The van der Waals surface area contributed by atoms with Gasteiger partial charge in [-0.05, 0) is 49.2 Å². The summed E-state index contributed by atoms with van der Waals surface area (Å²) in [6.07, 6.45) is 2.79. The van der Waals surface area contributed by atoms with E-state index in [0.29, 0.717) is 23.9 Å². The molecule has 1 fully saturated rings. The number of quaternary nitrogens is 1. The van der Waals surface area contributed by atoms with Crippen LogP contribution in [0.4, 0.5) is 5.69 Å². The number of para-hydroxylation sites is 1. The molecule has 3 aromatic carbocycles. The fourth-order valence-corrected chi connectivity index (χ4v) is 7.35. The number of hydrogen-bond acceptors (Lipinski definition) is 6. The van der Waals surface area contributed by atoms with Crippen LogP contribution < -0.4 is 20.1 Å². The Morgan fingerprint density at radius 2 is 1.73 bits per heavy atom. The van der Waals surface area contributed by atoms with Gasteiger partial charge in [-0.3, -0.25) is 10.1 Å². The average molecular weight is 584 g/mol.